The number of aliphatic hydroxyl groups is 1. The zero-order chi connectivity index (χ0) is 24.4. The first-order valence-corrected chi connectivity index (χ1v) is 11.0. The molecule has 1 rings (SSSR count). The normalized spacial score (nSPS) is 18.6. The van der Waals surface area contributed by atoms with Crippen LogP contribution in [0.3, 0.4) is 0 Å². The Hall–Kier alpha value is -2.38. The Kier molecular flexibility index (Phi) is 11.4. The number of carbonyl (C=O) groups is 5. The van der Waals surface area contributed by atoms with E-state index >= 15 is 0 Å². The zero-order valence-electron chi connectivity index (χ0n) is 18.2. The highest BCUT2D eigenvalue weighted by molar-refractivity contribution is 7.80. The first kappa shape index (κ1) is 27.7. The topological polar surface area (TPSA) is 191 Å². The van der Waals surface area contributed by atoms with Gasteiger partial charge in [-0.2, -0.15) is 12.6 Å². The van der Waals surface area contributed by atoms with Crippen LogP contribution in [0.1, 0.15) is 33.1 Å². The fourth-order valence-corrected chi connectivity index (χ4v) is 3.41. The van der Waals surface area contributed by atoms with Crippen molar-refractivity contribution in [1.82, 2.24) is 20.9 Å². The van der Waals surface area contributed by atoms with Gasteiger partial charge in [0.05, 0.1) is 19.2 Å². The monoisotopic (exact) mass is 475 g/mol. The molecule has 7 N–H and O–H groups in total. The highest BCUT2D eigenvalue weighted by atomic mass is 32.1. The van der Waals surface area contributed by atoms with Gasteiger partial charge < -0.3 is 36.8 Å². The third kappa shape index (κ3) is 8.28. The van der Waals surface area contributed by atoms with Gasteiger partial charge >= 0.3 is 5.97 Å². The largest absolute Gasteiger partial charge is 0.480 e. The molecule has 0 aromatic carbocycles. The van der Waals surface area contributed by atoms with Gasteiger partial charge in [-0.25, -0.2) is 4.79 Å². The van der Waals surface area contributed by atoms with Crippen molar-refractivity contribution < 1.29 is 34.2 Å². The second-order valence-electron chi connectivity index (χ2n) is 8.02. The summed E-state index contributed by atoms with van der Waals surface area (Å²) in [6.07, 6.45) is 1.18. The van der Waals surface area contributed by atoms with Crippen LogP contribution in [0, 0.1) is 5.92 Å². The molecule has 1 saturated heterocycles. The highest BCUT2D eigenvalue weighted by Gasteiger charge is 2.36. The lowest BCUT2D eigenvalue weighted by atomic mass is 10.0. The van der Waals surface area contributed by atoms with Crippen LogP contribution in [0.15, 0.2) is 0 Å². The van der Waals surface area contributed by atoms with Crippen LogP contribution in [-0.4, -0.2) is 94.3 Å². The summed E-state index contributed by atoms with van der Waals surface area (Å²) in [6.45, 7) is 2.86. The Bertz CT molecular complexity index is 706. The number of likely N-dealkylation sites (tertiary alicyclic amines) is 1. The van der Waals surface area contributed by atoms with Gasteiger partial charge in [0.15, 0.2) is 0 Å². The van der Waals surface area contributed by atoms with Crippen molar-refractivity contribution in [3.05, 3.63) is 0 Å². The number of aliphatic carboxylic acids is 1. The molecular weight excluding hydrogens is 442 g/mol. The summed E-state index contributed by atoms with van der Waals surface area (Å²) >= 11 is 3.92. The summed E-state index contributed by atoms with van der Waals surface area (Å²) in [5.74, 6) is -3.56. The first-order valence-electron chi connectivity index (χ1n) is 10.4. The maximum absolute atomic E-state index is 12.9. The van der Waals surface area contributed by atoms with E-state index in [1.165, 1.54) is 4.90 Å². The highest BCUT2D eigenvalue weighted by Crippen LogP contribution is 2.18. The molecule has 1 aliphatic rings. The van der Waals surface area contributed by atoms with Crippen LogP contribution < -0.4 is 21.7 Å². The number of nitrogens with two attached hydrogens (primary N) is 1. The maximum Gasteiger partial charge on any atom is 0.328 e. The summed E-state index contributed by atoms with van der Waals surface area (Å²) < 4.78 is 0. The van der Waals surface area contributed by atoms with Crippen molar-refractivity contribution in [2.24, 2.45) is 11.7 Å². The second-order valence-corrected chi connectivity index (χ2v) is 8.39. The number of thiol groups is 1. The van der Waals surface area contributed by atoms with Gasteiger partial charge in [0.25, 0.3) is 0 Å². The molecule has 13 heteroatoms. The molecular formula is C19H33N5O7S. The number of carbonyl (C=O) groups excluding carboxylic acids is 4. The maximum atomic E-state index is 12.9. The molecule has 0 spiro atoms. The second kappa shape index (κ2) is 13.2. The summed E-state index contributed by atoms with van der Waals surface area (Å²) in [5.41, 5.74) is 5.55. The number of nitrogens with zero attached hydrogens (tertiary/aromatic N) is 1. The lowest BCUT2D eigenvalue weighted by Crippen LogP contribution is -2.56. The molecule has 0 radical (unpaired) electrons. The number of hydrogen-bond acceptors (Lipinski definition) is 8. The number of nitrogens with one attached hydrogen (secondary N) is 3. The van der Waals surface area contributed by atoms with E-state index in [2.05, 4.69) is 28.6 Å². The molecule has 1 fully saturated rings. The zero-order valence-corrected chi connectivity index (χ0v) is 19.1. The lowest BCUT2D eigenvalue weighted by molar-refractivity contribution is -0.144. The molecule has 4 atom stereocenters. The van der Waals surface area contributed by atoms with Gasteiger partial charge in [0, 0.05) is 12.3 Å². The molecule has 182 valence electrons. The SMILES string of the molecule is CC(C)C[C@H](NC(=O)[C@@H]1CCCN1C(=O)CNC(=O)[C@@H](N)CS)C(=O)N[C@@H](CO)C(=O)O. The van der Waals surface area contributed by atoms with Crippen molar-refractivity contribution in [3.8, 4) is 0 Å². The van der Waals surface area contributed by atoms with E-state index in [1.807, 2.05) is 13.8 Å². The third-order valence-corrected chi connectivity index (χ3v) is 5.35. The van der Waals surface area contributed by atoms with Crippen molar-refractivity contribution in [3.63, 3.8) is 0 Å². The molecule has 0 aromatic rings. The molecule has 0 bridgehead atoms. The number of carboxylic acid groups (broad SMARTS) is 1. The molecule has 0 aliphatic carbocycles. The van der Waals surface area contributed by atoms with Crippen molar-refractivity contribution in [2.75, 3.05) is 25.4 Å². The minimum atomic E-state index is -1.49. The Labute approximate surface area is 192 Å². The average molecular weight is 476 g/mol. The molecule has 0 saturated carbocycles. The Morgan fingerprint density at radius 3 is 2.31 bits per heavy atom. The van der Waals surface area contributed by atoms with Crippen LogP contribution >= 0.6 is 12.6 Å². The Balaban J connectivity index is 2.80. The smallest absolute Gasteiger partial charge is 0.328 e. The molecule has 1 heterocycles. The van der Waals surface area contributed by atoms with Gasteiger partial charge in [-0.05, 0) is 25.2 Å². The standard InChI is InChI=1S/C19H33N5O7S/c1-10(2)6-12(17(28)23-13(8-25)19(30)31)22-18(29)14-4-3-5-24(14)15(26)7-21-16(27)11(20)9-32/h10-14,25,32H,3-9,20H2,1-2H3,(H,21,27)(H,22,29)(H,23,28)(H,30,31)/t11-,12-,13-,14-/m0/s1. The van der Waals surface area contributed by atoms with Gasteiger partial charge in [0.1, 0.15) is 18.1 Å². The van der Waals surface area contributed by atoms with E-state index in [0.717, 1.165) is 0 Å². The van der Waals surface area contributed by atoms with Gasteiger partial charge in [0.2, 0.25) is 23.6 Å². The summed E-state index contributed by atoms with van der Waals surface area (Å²) in [5, 5.41) is 25.4. The van der Waals surface area contributed by atoms with Crippen LogP contribution in [0.25, 0.3) is 0 Å². The van der Waals surface area contributed by atoms with Crippen LogP contribution in [0.4, 0.5) is 0 Å². The number of hydrogen-bond donors (Lipinski definition) is 7. The molecule has 12 nitrogen and oxygen atoms in total. The minimum Gasteiger partial charge on any atom is -0.480 e. The van der Waals surface area contributed by atoms with Crippen molar-refractivity contribution in [2.45, 2.75) is 57.3 Å². The number of carboxylic acids is 1. The van der Waals surface area contributed by atoms with Gasteiger partial charge in [-0.1, -0.05) is 13.8 Å². The van der Waals surface area contributed by atoms with Crippen molar-refractivity contribution >= 4 is 42.2 Å². The summed E-state index contributed by atoms with van der Waals surface area (Å²) in [4.78, 5) is 62.1. The molecule has 0 unspecified atom stereocenters. The Morgan fingerprint density at radius 1 is 1.12 bits per heavy atom. The summed E-state index contributed by atoms with van der Waals surface area (Å²) in [7, 11) is 0. The van der Waals surface area contributed by atoms with E-state index in [4.69, 9.17) is 15.9 Å². The lowest BCUT2D eigenvalue weighted by Gasteiger charge is -2.27. The predicted molar refractivity (Wildman–Crippen MR) is 118 cm³/mol. The molecule has 0 aromatic heterocycles. The van der Waals surface area contributed by atoms with E-state index < -0.39 is 60.4 Å². The number of rotatable bonds is 12. The fourth-order valence-electron chi connectivity index (χ4n) is 3.24. The average Bonchev–Trinajstić information content (AvgIpc) is 3.23. The van der Waals surface area contributed by atoms with Crippen LogP contribution in [-0.2, 0) is 24.0 Å². The summed E-state index contributed by atoms with van der Waals surface area (Å²) in [6, 6.07) is -4.21. The van der Waals surface area contributed by atoms with Crippen LogP contribution in [0.5, 0.6) is 0 Å². The van der Waals surface area contributed by atoms with E-state index in [-0.39, 0.29) is 24.6 Å². The quantitative estimate of drug-likeness (QED) is 0.150. The number of amides is 4. The predicted octanol–water partition coefficient (Wildman–Crippen LogP) is -2.56. The van der Waals surface area contributed by atoms with E-state index in [1.54, 1.807) is 0 Å². The van der Waals surface area contributed by atoms with E-state index in [9.17, 15) is 24.0 Å². The number of aliphatic hydroxyl groups excluding tert-OH is 1. The van der Waals surface area contributed by atoms with Gasteiger partial charge in [-0.3, -0.25) is 19.2 Å². The first-order chi connectivity index (χ1) is 15.0. The molecule has 32 heavy (non-hydrogen) atoms. The minimum absolute atomic E-state index is 0.00369. The van der Waals surface area contributed by atoms with Crippen molar-refractivity contribution in [1.29, 1.82) is 0 Å². The Morgan fingerprint density at radius 2 is 1.78 bits per heavy atom. The molecule has 4 amide bonds. The fraction of sp³-hybridized carbons (Fsp3) is 0.737. The van der Waals surface area contributed by atoms with E-state index in [0.29, 0.717) is 19.4 Å². The molecule has 1 aliphatic heterocycles. The van der Waals surface area contributed by atoms with Gasteiger partial charge in [-0.15, -0.1) is 0 Å². The third-order valence-electron chi connectivity index (χ3n) is 4.96. The van der Waals surface area contributed by atoms with Crippen LogP contribution in [0.2, 0.25) is 0 Å².